The zero-order valence-corrected chi connectivity index (χ0v) is 10.8. The van der Waals surface area contributed by atoms with Gasteiger partial charge >= 0.3 is 0 Å². The SMILES string of the molecule is Nc1nc2ccc(Cl)cc2n1-c1cccc(Cl)c1. The molecule has 3 aromatic rings. The number of nitrogens with two attached hydrogens (primary N) is 1. The summed E-state index contributed by atoms with van der Waals surface area (Å²) in [7, 11) is 0. The molecule has 0 unspecified atom stereocenters. The smallest absolute Gasteiger partial charge is 0.205 e. The summed E-state index contributed by atoms with van der Waals surface area (Å²) in [5.74, 6) is 0.412. The number of fused-ring (bicyclic) bond motifs is 1. The van der Waals surface area contributed by atoms with Gasteiger partial charge in [-0.1, -0.05) is 29.3 Å². The van der Waals surface area contributed by atoms with Crippen LogP contribution in [0.2, 0.25) is 10.0 Å². The van der Waals surface area contributed by atoms with Crippen LogP contribution in [0.15, 0.2) is 42.5 Å². The third kappa shape index (κ3) is 1.82. The summed E-state index contributed by atoms with van der Waals surface area (Å²) in [6.07, 6.45) is 0. The third-order valence-electron chi connectivity index (χ3n) is 2.71. The molecule has 0 aliphatic carbocycles. The molecule has 1 heterocycles. The molecule has 0 bridgehead atoms. The van der Waals surface area contributed by atoms with E-state index in [0.29, 0.717) is 16.0 Å². The van der Waals surface area contributed by atoms with Crippen molar-refractivity contribution in [3.05, 3.63) is 52.5 Å². The Morgan fingerprint density at radius 1 is 1.00 bits per heavy atom. The van der Waals surface area contributed by atoms with Crippen LogP contribution in [0.3, 0.4) is 0 Å². The topological polar surface area (TPSA) is 43.8 Å². The van der Waals surface area contributed by atoms with Crippen molar-refractivity contribution in [2.75, 3.05) is 5.73 Å². The zero-order valence-electron chi connectivity index (χ0n) is 9.27. The van der Waals surface area contributed by atoms with Gasteiger partial charge in [0.05, 0.1) is 16.7 Å². The largest absolute Gasteiger partial charge is 0.369 e. The summed E-state index contributed by atoms with van der Waals surface area (Å²) >= 11 is 12.0. The Balaban J connectivity index is 2.34. The van der Waals surface area contributed by atoms with Gasteiger partial charge in [-0.2, -0.15) is 0 Å². The maximum Gasteiger partial charge on any atom is 0.205 e. The highest BCUT2D eigenvalue weighted by Crippen LogP contribution is 2.26. The van der Waals surface area contributed by atoms with Crippen LogP contribution in [0, 0.1) is 0 Å². The van der Waals surface area contributed by atoms with Crippen molar-refractivity contribution in [2.45, 2.75) is 0 Å². The summed E-state index contributed by atoms with van der Waals surface area (Å²) in [6, 6.07) is 12.9. The van der Waals surface area contributed by atoms with Crippen molar-refractivity contribution < 1.29 is 0 Å². The Morgan fingerprint density at radius 2 is 1.78 bits per heavy atom. The molecule has 0 atom stereocenters. The van der Waals surface area contributed by atoms with Gasteiger partial charge in [0.25, 0.3) is 0 Å². The predicted octanol–water partition coefficient (Wildman–Crippen LogP) is 3.91. The molecule has 3 nitrogen and oxygen atoms in total. The van der Waals surface area contributed by atoms with E-state index >= 15 is 0 Å². The molecule has 1 aromatic heterocycles. The highest BCUT2D eigenvalue weighted by molar-refractivity contribution is 6.31. The molecule has 0 saturated heterocycles. The maximum absolute atomic E-state index is 6.01. The van der Waals surface area contributed by atoms with Gasteiger partial charge < -0.3 is 5.73 Å². The van der Waals surface area contributed by atoms with E-state index in [1.54, 1.807) is 6.07 Å². The lowest BCUT2D eigenvalue weighted by molar-refractivity contribution is 1.11. The second kappa shape index (κ2) is 4.19. The minimum atomic E-state index is 0.412. The molecule has 18 heavy (non-hydrogen) atoms. The molecular formula is C13H9Cl2N3. The molecular weight excluding hydrogens is 269 g/mol. The van der Waals surface area contributed by atoms with E-state index in [9.17, 15) is 0 Å². The van der Waals surface area contributed by atoms with E-state index in [2.05, 4.69) is 4.98 Å². The summed E-state index contributed by atoms with van der Waals surface area (Å²) in [5, 5.41) is 1.29. The zero-order chi connectivity index (χ0) is 12.7. The van der Waals surface area contributed by atoms with Gasteiger partial charge in [0.15, 0.2) is 0 Å². The molecule has 3 rings (SSSR count). The summed E-state index contributed by atoms with van der Waals surface area (Å²) in [6.45, 7) is 0. The highest BCUT2D eigenvalue weighted by Gasteiger charge is 2.10. The normalized spacial score (nSPS) is 11.0. The maximum atomic E-state index is 6.01. The molecule has 2 N–H and O–H groups in total. The van der Waals surface area contributed by atoms with Gasteiger partial charge in [0.1, 0.15) is 0 Å². The highest BCUT2D eigenvalue weighted by atomic mass is 35.5. The summed E-state index contributed by atoms with van der Waals surface area (Å²) in [5.41, 5.74) is 8.48. The second-order valence-corrected chi connectivity index (χ2v) is 4.79. The van der Waals surface area contributed by atoms with Crippen LogP contribution in [0.5, 0.6) is 0 Å². The van der Waals surface area contributed by atoms with E-state index in [1.165, 1.54) is 0 Å². The van der Waals surface area contributed by atoms with Crippen molar-refractivity contribution in [1.82, 2.24) is 9.55 Å². The number of nitrogens with zero attached hydrogens (tertiary/aromatic N) is 2. The Morgan fingerprint density at radius 3 is 2.56 bits per heavy atom. The summed E-state index contributed by atoms with van der Waals surface area (Å²) < 4.78 is 1.83. The number of hydrogen-bond donors (Lipinski definition) is 1. The Kier molecular flexibility index (Phi) is 2.65. The molecule has 0 saturated carbocycles. The van der Waals surface area contributed by atoms with Gasteiger partial charge in [-0.05, 0) is 36.4 Å². The van der Waals surface area contributed by atoms with Gasteiger partial charge in [0.2, 0.25) is 5.95 Å². The molecule has 5 heteroatoms. The average Bonchev–Trinajstić information content (AvgIpc) is 2.64. The third-order valence-corrected chi connectivity index (χ3v) is 3.18. The fourth-order valence-electron chi connectivity index (χ4n) is 1.95. The molecule has 2 aromatic carbocycles. The second-order valence-electron chi connectivity index (χ2n) is 3.92. The molecule has 0 amide bonds. The van der Waals surface area contributed by atoms with Crippen LogP contribution in [-0.2, 0) is 0 Å². The number of benzene rings is 2. The molecule has 0 fully saturated rings. The Hall–Kier alpha value is -1.71. The monoisotopic (exact) mass is 277 g/mol. The summed E-state index contributed by atoms with van der Waals surface area (Å²) in [4.78, 5) is 4.30. The number of rotatable bonds is 1. The number of imidazole rings is 1. The molecule has 90 valence electrons. The van der Waals surface area contributed by atoms with Crippen LogP contribution in [-0.4, -0.2) is 9.55 Å². The van der Waals surface area contributed by atoms with E-state index < -0.39 is 0 Å². The molecule has 0 radical (unpaired) electrons. The lowest BCUT2D eigenvalue weighted by atomic mass is 10.3. The van der Waals surface area contributed by atoms with Crippen LogP contribution >= 0.6 is 23.2 Å². The lowest BCUT2D eigenvalue weighted by Crippen LogP contribution is -2.00. The van der Waals surface area contributed by atoms with Crippen LogP contribution in [0.25, 0.3) is 16.7 Å². The molecule has 0 aliphatic heterocycles. The first kappa shape index (κ1) is 11.4. The predicted molar refractivity (Wildman–Crippen MR) is 75.5 cm³/mol. The van der Waals surface area contributed by atoms with Crippen molar-refractivity contribution in [2.24, 2.45) is 0 Å². The van der Waals surface area contributed by atoms with Gasteiger partial charge in [0, 0.05) is 10.0 Å². The van der Waals surface area contributed by atoms with Gasteiger partial charge in [-0.15, -0.1) is 0 Å². The number of aromatic nitrogens is 2. The Bertz CT molecular complexity index is 734. The molecule has 0 spiro atoms. The number of halogens is 2. The first-order valence-electron chi connectivity index (χ1n) is 5.34. The minimum absolute atomic E-state index is 0.412. The van der Waals surface area contributed by atoms with Crippen molar-refractivity contribution in [3.63, 3.8) is 0 Å². The van der Waals surface area contributed by atoms with E-state index in [0.717, 1.165) is 16.7 Å². The fourth-order valence-corrected chi connectivity index (χ4v) is 2.30. The fraction of sp³-hybridized carbons (Fsp3) is 0. The van der Waals surface area contributed by atoms with Gasteiger partial charge in [-0.3, -0.25) is 4.57 Å². The number of anilines is 1. The minimum Gasteiger partial charge on any atom is -0.369 e. The van der Waals surface area contributed by atoms with Crippen LogP contribution in [0.1, 0.15) is 0 Å². The Labute approximate surface area is 114 Å². The van der Waals surface area contributed by atoms with Crippen molar-refractivity contribution in [1.29, 1.82) is 0 Å². The first-order chi connectivity index (χ1) is 8.65. The van der Waals surface area contributed by atoms with Gasteiger partial charge in [-0.25, -0.2) is 4.98 Å². The standard InChI is InChI=1S/C13H9Cl2N3/c14-8-2-1-3-10(6-8)18-12-7-9(15)4-5-11(12)17-13(18)16/h1-7H,(H2,16,17). The first-order valence-corrected chi connectivity index (χ1v) is 6.10. The number of nitrogen functional groups attached to an aromatic ring is 1. The average molecular weight is 278 g/mol. The van der Waals surface area contributed by atoms with E-state index in [-0.39, 0.29) is 0 Å². The van der Waals surface area contributed by atoms with E-state index in [1.807, 2.05) is 41.0 Å². The number of hydrogen-bond acceptors (Lipinski definition) is 2. The van der Waals surface area contributed by atoms with Crippen LogP contribution < -0.4 is 5.73 Å². The van der Waals surface area contributed by atoms with Crippen molar-refractivity contribution >= 4 is 40.2 Å². The van der Waals surface area contributed by atoms with Crippen LogP contribution in [0.4, 0.5) is 5.95 Å². The lowest BCUT2D eigenvalue weighted by Gasteiger charge is -2.06. The quantitative estimate of drug-likeness (QED) is 0.733. The van der Waals surface area contributed by atoms with Crippen molar-refractivity contribution in [3.8, 4) is 5.69 Å². The van der Waals surface area contributed by atoms with E-state index in [4.69, 9.17) is 28.9 Å². The molecule has 0 aliphatic rings.